The first-order valence-electron chi connectivity index (χ1n) is 5.81. The van der Waals surface area contributed by atoms with E-state index in [0.29, 0.717) is 0 Å². The zero-order valence-corrected chi connectivity index (χ0v) is 11.2. The van der Waals surface area contributed by atoms with Gasteiger partial charge in [-0.2, -0.15) is 0 Å². The summed E-state index contributed by atoms with van der Waals surface area (Å²) < 4.78 is 26.2. The lowest BCUT2D eigenvalue weighted by atomic mass is 10.2. The summed E-state index contributed by atoms with van der Waals surface area (Å²) in [5, 5.41) is 13.0. The van der Waals surface area contributed by atoms with Gasteiger partial charge in [-0.3, -0.25) is 19.8 Å². The van der Waals surface area contributed by atoms with E-state index in [1.807, 2.05) is 0 Å². The van der Waals surface area contributed by atoms with E-state index >= 15 is 0 Å². The number of aliphatic hydroxyl groups excluding tert-OH is 1. The second-order valence-electron chi connectivity index (χ2n) is 4.09. The average molecular weight is 299 g/mol. The normalized spacial score (nSPS) is 11.8. The monoisotopic (exact) mass is 299 g/mol. The van der Waals surface area contributed by atoms with Gasteiger partial charge in [-0.1, -0.05) is 0 Å². The Morgan fingerprint density at radius 2 is 1.75 bits per heavy atom. The number of hydrogen-bond donors (Lipinski definition) is 4. The Balaban J connectivity index is 2.49. The number of aliphatic hydroxyl groups is 1. The van der Waals surface area contributed by atoms with Crippen molar-refractivity contribution in [3.63, 3.8) is 0 Å². The molecule has 0 radical (unpaired) electrons. The maximum absolute atomic E-state index is 12.0. The molecule has 2 rings (SSSR count). The van der Waals surface area contributed by atoms with Crippen LogP contribution < -0.4 is 15.8 Å². The highest BCUT2D eigenvalue weighted by molar-refractivity contribution is 7.89. The maximum Gasteiger partial charge on any atom is 0.270 e. The third-order valence-electron chi connectivity index (χ3n) is 2.71. The quantitative estimate of drug-likeness (QED) is 0.519. The van der Waals surface area contributed by atoms with Gasteiger partial charge >= 0.3 is 0 Å². The molecule has 0 saturated carbocycles. The van der Waals surface area contributed by atoms with E-state index in [-0.39, 0.29) is 35.2 Å². The SMILES string of the molecule is O=c1[nH][nH]c(=O)c2cc(S(=O)(=O)NCCCO)ccc12. The molecular weight excluding hydrogens is 286 g/mol. The van der Waals surface area contributed by atoms with Gasteiger partial charge in [-0.25, -0.2) is 13.1 Å². The molecule has 1 aromatic heterocycles. The second kappa shape index (κ2) is 5.57. The summed E-state index contributed by atoms with van der Waals surface area (Å²) in [4.78, 5) is 23.0. The first-order valence-corrected chi connectivity index (χ1v) is 7.29. The lowest BCUT2D eigenvalue weighted by Crippen LogP contribution is -2.26. The molecule has 1 heterocycles. The Labute approximate surface area is 113 Å². The molecule has 0 amide bonds. The van der Waals surface area contributed by atoms with Gasteiger partial charge in [0.05, 0.1) is 15.7 Å². The predicted molar refractivity (Wildman–Crippen MR) is 72.1 cm³/mol. The fourth-order valence-corrected chi connectivity index (χ4v) is 2.79. The van der Waals surface area contributed by atoms with Crippen LogP contribution in [0.1, 0.15) is 6.42 Å². The van der Waals surface area contributed by atoms with Crippen molar-refractivity contribution in [3.8, 4) is 0 Å². The minimum absolute atomic E-state index is 0.00113. The second-order valence-corrected chi connectivity index (χ2v) is 5.86. The molecule has 108 valence electrons. The van der Waals surface area contributed by atoms with Gasteiger partial charge in [0.25, 0.3) is 11.1 Å². The fraction of sp³-hybridized carbons (Fsp3) is 0.273. The van der Waals surface area contributed by atoms with E-state index in [4.69, 9.17) is 5.11 Å². The molecule has 4 N–H and O–H groups in total. The van der Waals surface area contributed by atoms with Crippen molar-refractivity contribution >= 4 is 20.8 Å². The summed E-state index contributed by atoms with van der Waals surface area (Å²) in [5.74, 6) is 0. The molecule has 0 bridgehead atoms. The van der Waals surface area contributed by atoms with Crippen LogP contribution in [0, 0.1) is 0 Å². The minimum atomic E-state index is -3.78. The lowest BCUT2D eigenvalue weighted by molar-refractivity contribution is 0.289. The number of hydrogen-bond acceptors (Lipinski definition) is 5. The van der Waals surface area contributed by atoms with E-state index < -0.39 is 21.1 Å². The Kier molecular flexibility index (Phi) is 4.02. The minimum Gasteiger partial charge on any atom is -0.396 e. The molecule has 2 aromatic rings. The molecule has 0 atom stereocenters. The Morgan fingerprint density at radius 1 is 1.10 bits per heavy atom. The van der Waals surface area contributed by atoms with Gasteiger partial charge in [-0.05, 0) is 24.6 Å². The Morgan fingerprint density at radius 3 is 2.40 bits per heavy atom. The number of H-pyrrole nitrogens is 2. The van der Waals surface area contributed by atoms with Crippen molar-refractivity contribution in [2.75, 3.05) is 13.2 Å². The van der Waals surface area contributed by atoms with Gasteiger partial charge in [0.2, 0.25) is 10.0 Å². The standard InChI is InChI=1S/C11H13N3O5S/c15-5-1-4-12-20(18,19)7-2-3-8-9(6-7)11(17)14-13-10(8)16/h2-3,6,12,15H,1,4-5H2,(H,13,16)(H,14,17). The molecule has 9 heteroatoms. The molecule has 0 fully saturated rings. The van der Waals surface area contributed by atoms with Gasteiger partial charge in [0.15, 0.2) is 0 Å². The van der Waals surface area contributed by atoms with E-state index in [0.717, 1.165) is 6.07 Å². The van der Waals surface area contributed by atoms with Crippen LogP contribution in [-0.4, -0.2) is 36.9 Å². The van der Waals surface area contributed by atoms with E-state index in [2.05, 4.69) is 14.9 Å². The summed E-state index contributed by atoms with van der Waals surface area (Å²) in [6.45, 7) is -0.0438. The van der Waals surface area contributed by atoms with Crippen LogP contribution in [-0.2, 0) is 10.0 Å². The van der Waals surface area contributed by atoms with Crippen LogP contribution >= 0.6 is 0 Å². The first-order chi connectivity index (χ1) is 9.45. The van der Waals surface area contributed by atoms with Crippen molar-refractivity contribution in [3.05, 3.63) is 38.9 Å². The Bertz CT molecular complexity index is 837. The number of fused-ring (bicyclic) bond motifs is 1. The molecular formula is C11H13N3O5S. The highest BCUT2D eigenvalue weighted by Gasteiger charge is 2.15. The van der Waals surface area contributed by atoms with Crippen molar-refractivity contribution in [2.24, 2.45) is 0 Å². The maximum atomic E-state index is 12.0. The summed E-state index contributed by atoms with van der Waals surface area (Å²) in [6, 6.07) is 3.67. The highest BCUT2D eigenvalue weighted by Crippen LogP contribution is 2.13. The van der Waals surface area contributed by atoms with Crippen molar-refractivity contribution in [1.29, 1.82) is 0 Å². The summed E-state index contributed by atoms with van der Waals surface area (Å²) in [6.07, 6.45) is 0.285. The summed E-state index contributed by atoms with van der Waals surface area (Å²) >= 11 is 0. The molecule has 1 aromatic carbocycles. The third-order valence-corrected chi connectivity index (χ3v) is 4.17. The van der Waals surface area contributed by atoms with Crippen LogP contribution in [0.15, 0.2) is 32.7 Å². The number of nitrogens with one attached hydrogen (secondary N) is 3. The number of benzene rings is 1. The molecule has 0 saturated heterocycles. The zero-order chi connectivity index (χ0) is 14.8. The number of aromatic nitrogens is 2. The summed E-state index contributed by atoms with van der Waals surface area (Å²) in [7, 11) is -3.78. The predicted octanol–water partition coefficient (Wildman–Crippen LogP) is -1.12. The van der Waals surface area contributed by atoms with Crippen LogP contribution in [0.2, 0.25) is 0 Å². The lowest BCUT2D eigenvalue weighted by Gasteiger charge is -2.06. The van der Waals surface area contributed by atoms with Gasteiger partial charge < -0.3 is 5.11 Å². The number of sulfonamides is 1. The topological polar surface area (TPSA) is 132 Å². The molecule has 0 aliphatic carbocycles. The van der Waals surface area contributed by atoms with Gasteiger partial charge in [0, 0.05) is 13.2 Å². The summed E-state index contributed by atoms with van der Waals surface area (Å²) in [5.41, 5.74) is -1.08. The van der Waals surface area contributed by atoms with Crippen LogP contribution in [0.5, 0.6) is 0 Å². The highest BCUT2D eigenvalue weighted by atomic mass is 32.2. The molecule has 0 aliphatic heterocycles. The van der Waals surface area contributed by atoms with Gasteiger partial charge in [0.1, 0.15) is 0 Å². The van der Waals surface area contributed by atoms with Crippen molar-refractivity contribution < 1.29 is 13.5 Å². The molecule has 20 heavy (non-hydrogen) atoms. The Hall–Kier alpha value is -1.97. The van der Waals surface area contributed by atoms with Gasteiger partial charge in [-0.15, -0.1) is 0 Å². The van der Waals surface area contributed by atoms with Crippen molar-refractivity contribution in [2.45, 2.75) is 11.3 Å². The van der Waals surface area contributed by atoms with Crippen LogP contribution in [0.3, 0.4) is 0 Å². The average Bonchev–Trinajstić information content (AvgIpc) is 2.43. The molecule has 0 unspecified atom stereocenters. The smallest absolute Gasteiger partial charge is 0.270 e. The molecule has 8 nitrogen and oxygen atoms in total. The van der Waals surface area contributed by atoms with E-state index in [9.17, 15) is 18.0 Å². The van der Waals surface area contributed by atoms with E-state index in [1.165, 1.54) is 12.1 Å². The van der Waals surface area contributed by atoms with Crippen LogP contribution in [0.4, 0.5) is 0 Å². The van der Waals surface area contributed by atoms with E-state index in [1.54, 1.807) is 0 Å². The zero-order valence-electron chi connectivity index (χ0n) is 10.3. The molecule has 0 spiro atoms. The first kappa shape index (κ1) is 14.4. The fourth-order valence-electron chi connectivity index (χ4n) is 1.69. The van der Waals surface area contributed by atoms with Crippen LogP contribution in [0.25, 0.3) is 10.8 Å². The number of rotatable bonds is 5. The molecule has 0 aliphatic rings. The third kappa shape index (κ3) is 2.79. The van der Waals surface area contributed by atoms with Crippen molar-refractivity contribution in [1.82, 2.24) is 14.9 Å². The largest absolute Gasteiger partial charge is 0.396 e. The number of aromatic amines is 2.